The van der Waals surface area contributed by atoms with Gasteiger partial charge in [0, 0.05) is 12.7 Å². The zero-order valence-corrected chi connectivity index (χ0v) is 14.8. The van der Waals surface area contributed by atoms with Gasteiger partial charge in [0.15, 0.2) is 4.90 Å². The molecule has 3 rings (SSSR count). The second-order valence-corrected chi connectivity index (χ2v) is 7.77. The smallest absolute Gasteiger partial charge is 0.329 e. The first-order chi connectivity index (χ1) is 11.8. The van der Waals surface area contributed by atoms with Crippen molar-refractivity contribution in [2.24, 2.45) is 5.92 Å². The number of aromatic nitrogens is 2. The first-order valence-corrected chi connectivity index (χ1v) is 9.51. The number of nitrogens with one attached hydrogen (secondary N) is 3. The summed E-state index contributed by atoms with van der Waals surface area (Å²) in [5, 5.41) is 5.25. The lowest BCUT2D eigenvalue weighted by molar-refractivity contribution is 0.238. The molecule has 1 aromatic carbocycles. The molecule has 0 spiro atoms. The van der Waals surface area contributed by atoms with Crippen LogP contribution in [0.25, 0.3) is 0 Å². The van der Waals surface area contributed by atoms with E-state index in [1.54, 1.807) is 6.92 Å². The van der Waals surface area contributed by atoms with Gasteiger partial charge in [-0.15, -0.1) is 0 Å². The zero-order valence-electron chi connectivity index (χ0n) is 13.9. The highest BCUT2D eigenvalue weighted by atomic mass is 32.2. The van der Waals surface area contributed by atoms with E-state index in [1.807, 2.05) is 35.9 Å². The fourth-order valence-electron chi connectivity index (χ4n) is 3.18. The Balaban J connectivity index is 1.76. The van der Waals surface area contributed by atoms with Crippen LogP contribution in [-0.4, -0.2) is 24.2 Å². The summed E-state index contributed by atoms with van der Waals surface area (Å²) in [5.74, 6) is 0.149. The van der Waals surface area contributed by atoms with Gasteiger partial charge in [0.05, 0.1) is 6.04 Å². The zero-order chi connectivity index (χ0) is 18.2. The number of amides is 2. The summed E-state index contributed by atoms with van der Waals surface area (Å²) < 4.78 is 27.6. The monoisotopic (exact) mass is 364 g/mol. The van der Waals surface area contributed by atoms with Crippen molar-refractivity contribution < 1.29 is 13.2 Å². The van der Waals surface area contributed by atoms with Crippen LogP contribution >= 0.6 is 0 Å². The molecule has 0 saturated heterocycles. The molecule has 1 heterocycles. The molecule has 0 saturated carbocycles. The fraction of sp³-hybridized carbons (Fsp3) is 0.375. The van der Waals surface area contributed by atoms with E-state index in [0.717, 1.165) is 28.4 Å². The Morgan fingerprint density at radius 1 is 1.36 bits per heavy atom. The summed E-state index contributed by atoms with van der Waals surface area (Å²) in [6, 6.07) is 6.61. The van der Waals surface area contributed by atoms with Crippen LogP contribution in [0.15, 0.2) is 40.2 Å². The highest BCUT2D eigenvalue weighted by molar-refractivity contribution is 7.90. The van der Waals surface area contributed by atoms with Crippen LogP contribution in [-0.2, 0) is 23.0 Å². The number of urea groups is 1. The topological polar surface area (TPSA) is 113 Å². The van der Waals surface area contributed by atoms with Gasteiger partial charge in [0.2, 0.25) is 0 Å². The molecule has 2 aromatic rings. The third-order valence-corrected chi connectivity index (χ3v) is 5.75. The maximum Gasteiger partial charge on any atom is 0.329 e. The standard InChI is InChI=1S/C16H20N4O4S/c1-3-20-15(21)13(9-17-20)25(23,24)19-16(22)18-14-10(2)8-11-6-4-5-7-12(11)14/h4-7,9-10,14,17H,3,8H2,1-2H3,(H2,18,19,22). The number of fused-ring (bicyclic) bond motifs is 1. The van der Waals surface area contributed by atoms with E-state index in [-0.39, 0.29) is 12.0 Å². The van der Waals surface area contributed by atoms with Crippen molar-refractivity contribution in [2.75, 3.05) is 0 Å². The van der Waals surface area contributed by atoms with Gasteiger partial charge in [0.25, 0.3) is 15.6 Å². The SMILES string of the molecule is CCn1[nH]cc(S(=O)(=O)NC(=O)NC2c3ccccc3CC2C)c1=O. The minimum Gasteiger partial charge on any atom is -0.330 e. The number of carbonyl (C=O) groups excluding carboxylic acids is 1. The van der Waals surface area contributed by atoms with Crippen LogP contribution in [0.3, 0.4) is 0 Å². The van der Waals surface area contributed by atoms with E-state index in [0.29, 0.717) is 6.54 Å². The lowest BCUT2D eigenvalue weighted by atomic mass is 10.0. The quantitative estimate of drug-likeness (QED) is 0.754. The highest BCUT2D eigenvalue weighted by Gasteiger charge is 2.31. The van der Waals surface area contributed by atoms with E-state index in [2.05, 4.69) is 10.4 Å². The Labute approximate surface area is 145 Å². The predicted molar refractivity (Wildman–Crippen MR) is 91.6 cm³/mol. The molecule has 8 nitrogen and oxygen atoms in total. The predicted octanol–water partition coefficient (Wildman–Crippen LogP) is 1.12. The Bertz CT molecular complexity index is 961. The minimum atomic E-state index is -4.24. The maximum absolute atomic E-state index is 12.3. The van der Waals surface area contributed by atoms with Gasteiger partial charge in [-0.25, -0.2) is 17.9 Å². The third-order valence-electron chi connectivity index (χ3n) is 4.43. The number of aryl methyl sites for hydroxylation is 1. The van der Waals surface area contributed by atoms with Crippen LogP contribution in [0.2, 0.25) is 0 Å². The number of hydrogen-bond donors (Lipinski definition) is 3. The molecule has 1 aliphatic carbocycles. The Morgan fingerprint density at radius 2 is 2.08 bits per heavy atom. The molecular formula is C16H20N4O4S. The molecule has 25 heavy (non-hydrogen) atoms. The first-order valence-electron chi connectivity index (χ1n) is 8.02. The number of benzene rings is 1. The summed E-state index contributed by atoms with van der Waals surface area (Å²) in [7, 11) is -4.24. The largest absolute Gasteiger partial charge is 0.330 e. The average molecular weight is 364 g/mol. The molecule has 0 aliphatic heterocycles. The number of sulfonamides is 1. The van der Waals surface area contributed by atoms with Crippen molar-refractivity contribution in [1.29, 1.82) is 0 Å². The van der Waals surface area contributed by atoms with Crippen LogP contribution in [0, 0.1) is 5.92 Å². The Kier molecular flexibility index (Phi) is 4.42. The summed E-state index contributed by atoms with van der Waals surface area (Å²) in [6.45, 7) is 4.00. The minimum absolute atomic E-state index is 0.149. The van der Waals surface area contributed by atoms with Gasteiger partial charge in [-0.1, -0.05) is 31.2 Å². The highest BCUT2D eigenvalue weighted by Crippen LogP contribution is 2.35. The fourth-order valence-corrected chi connectivity index (χ4v) is 4.14. The van der Waals surface area contributed by atoms with Crippen molar-refractivity contribution in [2.45, 2.75) is 37.8 Å². The number of rotatable bonds is 4. The summed E-state index contributed by atoms with van der Waals surface area (Å²) in [4.78, 5) is 23.7. The molecule has 0 fully saturated rings. The van der Waals surface area contributed by atoms with Gasteiger partial charge >= 0.3 is 6.03 Å². The maximum atomic E-state index is 12.3. The summed E-state index contributed by atoms with van der Waals surface area (Å²) in [5.41, 5.74) is 1.43. The Hall–Kier alpha value is -2.55. The van der Waals surface area contributed by atoms with Crippen LogP contribution < -0.4 is 15.6 Å². The van der Waals surface area contributed by atoms with Crippen LogP contribution in [0.1, 0.15) is 31.0 Å². The molecule has 0 bridgehead atoms. The number of H-pyrrole nitrogens is 1. The van der Waals surface area contributed by atoms with Crippen LogP contribution in [0.4, 0.5) is 4.79 Å². The molecule has 2 amide bonds. The lowest BCUT2D eigenvalue weighted by Crippen LogP contribution is -2.43. The second kappa shape index (κ2) is 6.40. The molecule has 0 radical (unpaired) electrons. The molecule has 2 atom stereocenters. The lowest BCUT2D eigenvalue weighted by Gasteiger charge is -2.18. The average Bonchev–Trinajstić information content (AvgIpc) is 3.08. The molecule has 9 heteroatoms. The van der Waals surface area contributed by atoms with Gasteiger partial charge in [-0.2, -0.15) is 0 Å². The number of hydrogen-bond acceptors (Lipinski definition) is 4. The second-order valence-electron chi connectivity index (χ2n) is 6.12. The molecule has 2 unspecified atom stereocenters. The van der Waals surface area contributed by atoms with E-state index in [4.69, 9.17) is 0 Å². The number of aromatic amines is 1. The van der Waals surface area contributed by atoms with Crippen molar-refractivity contribution in [3.8, 4) is 0 Å². The van der Waals surface area contributed by atoms with Gasteiger partial charge in [-0.05, 0) is 30.4 Å². The normalized spacial score (nSPS) is 19.4. The summed E-state index contributed by atoms with van der Waals surface area (Å²) >= 11 is 0. The summed E-state index contributed by atoms with van der Waals surface area (Å²) in [6.07, 6.45) is 1.89. The van der Waals surface area contributed by atoms with E-state index in [9.17, 15) is 18.0 Å². The van der Waals surface area contributed by atoms with Gasteiger partial charge < -0.3 is 10.4 Å². The van der Waals surface area contributed by atoms with E-state index < -0.39 is 26.5 Å². The van der Waals surface area contributed by atoms with E-state index >= 15 is 0 Å². The van der Waals surface area contributed by atoms with Gasteiger partial charge in [0.1, 0.15) is 0 Å². The molecule has 3 N–H and O–H groups in total. The van der Waals surface area contributed by atoms with Crippen molar-refractivity contribution in [1.82, 2.24) is 19.8 Å². The molecular weight excluding hydrogens is 344 g/mol. The molecule has 1 aromatic heterocycles. The van der Waals surface area contributed by atoms with Crippen molar-refractivity contribution in [3.05, 3.63) is 51.9 Å². The molecule has 134 valence electrons. The van der Waals surface area contributed by atoms with E-state index in [1.165, 1.54) is 0 Å². The molecule has 1 aliphatic rings. The Morgan fingerprint density at radius 3 is 2.76 bits per heavy atom. The van der Waals surface area contributed by atoms with Gasteiger partial charge in [-0.3, -0.25) is 9.48 Å². The van der Waals surface area contributed by atoms with Crippen LogP contribution in [0.5, 0.6) is 0 Å². The third kappa shape index (κ3) is 3.19. The van der Waals surface area contributed by atoms with Crippen molar-refractivity contribution >= 4 is 16.1 Å². The number of nitrogens with zero attached hydrogens (tertiary/aromatic N) is 1. The first kappa shape index (κ1) is 17.3. The number of carbonyl (C=O) groups is 1. The van der Waals surface area contributed by atoms with Crippen molar-refractivity contribution in [3.63, 3.8) is 0 Å².